The molecule has 0 aliphatic heterocycles. The van der Waals surface area contributed by atoms with E-state index in [0.717, 1.165) is 34.5 Å². The summed E-state index contributed by atoms with van der Waals surface area (Å²) in [5.41, 5.74) is 3.68. The average molecular weight is 314 g/mol. The third kappa shape index (κ3) is 2.03. The lowest BCUT2D eigenvalue weighted by atomic mass is 10.2. The molecule has 7 nitrogen and oxygen atoms in total. The zero-order chi connectivity index (χ0) is 14.2. The lowest BCUT2D eigenvalue weighted by Crippen LogP contribution is -1.74. The first-order valence-electron chi connectivity index (χ1n) is 5.90. The van der Waals surface area contributed by atoms with Gasteiger partial charge in [0.25, 0.3) is 0 Å². The quantitative estimate of drug-likeness (QED) is 0.567. The second-order valence-corrected chi connectivity index (χ2v) is 5.23. The van der Waals surface area contributed by atoms with Crippen LogP contribution in [0.15, 0.2) is 40.6 Å². The van der Waals surface area contributed by atoms with Crippen LogP contribution in [-0.2, 0) is 0 Å². The second-order valence-electron chi connectivity index (χ2n) is 4.17. The molecule has 0 atom stereocenters. The van der Waals surface area contributed by atoms with Crippen LogP contribution in [0.3, 0.4) is 0 Å². The highest BCUT2D eigenvalue weighted by atomic mass is 32.1. The van der Waals surface area contributed by atoms with E-state index in [-0.39, 0.29) is 5.75 Å². The molecule has 0 unspecified atom stereocenters. The molecule has 1 N–H and O–H groups in total. The van der Waals surface area contributed by atoms with Crippen LogP contribution in [0, 0.1) is 0 Å². The van der Waals surface area contributed by atoms with Crippen LogP contribution in [0.1, 0.15) is 0 Å². The summed E-state index contributed by atoms with van der Waals surface area (Å²) in [4.78, 5) is 0. The maximum absolute atomic E-state index is 9.70. The van der Waals surface area contributed by atoms with Gasteiger partial charge in [-0.05, 0) is 24.3 Å². The van der Waals surface area contributed by atoms with Gasteiger partial charge in [-0.2, -0.15) is 17.5 Å². The van der Waals surface area contributed by atoms with Gasteiger partial charge in [0.15, 0.2) is 0 Å². The monoisotopic (exact) mass is 314 g/mol. The predicted molar refractivity (Wildman–Crippen MR) is 80.7 cm³/mol. The first-order chi connectivity index (χ1) is 10.3. The van der Waals surface area contributed by atoms with E-state index in [1.807, 2.05) is 18.2 Å². The van der Waals surface area contributed by atoms with Gasteiger partial charge in [0, 0.05) is 0 Å². The van der Waals surface area contributed by atoms with Gasteiger partial charge < -0.3 is 5.11 Å². The number of hydrogen-bond acceptors (Lipinski definition) is 9. The van der Waals surface area contributed by atoms with Crippen molar-refractivity contribution in [1.29, 1.82) is 0 Å². The minimum Gasteiger partial charge on any atom is -0.506 e. The number of aromatic nitrogens is 4. The summed E-state index contributed by atoms with van der Waals surface area (Å²) < 4.78 is 16.5. The predicted octanol–water partition coefficient (Wildman–Crippen LogP) is 3.82. The molecule has 0 saturated heterocycles. The van der Waals surface area contributed by atoms with Gasteiger partial charge in [-0.1, -0.05) is 6.07 Å². The van der Waals surface area contributed by atoms with E-state index >= 15 is 0 Å². The second kappa shape index (κ2) is 4.79. The third-order valence-electron chi connectivity index (χ3n) is 2.90. The van der Waals surface area contributed by atoms with Gasteiger partial charge in [0.05, 0.1) is 23.5 Å². The molecule has 0 bridgehead atoms. The van der Waals surface area contributed by atoms with E-state index in [4.69, 9.17) is 0 Å². The molecule has 9 heteroatoms. The summed E-state index contributed by atoms with van der Waals surface area (Å²) in [6, 6.07) is 8.74. The Bertz CT molecular complexity index is 976. The largest absolute Gasteiger partial charge is 0.506 e. The number of fused-ring (bicyclic) bond motifs is 2. The molecular formula is C12H6N6OS2. The first-order valence-corrected chi connectivity index (χ1v) is 7.36. The Morgan fingerprint density at radius 1 is 0.762 bits per heavy atom. The minimum absolute atomic E-state index is 0.0866. The Morgan fingerprint density at radius 3 is 2.38 bits per heavy atom. The number of rotatable bonds is 2. The number of phenolic OH excluding ortho intramolecular Hbond substituents is 1. The zero-order valence-electron chi connectivity index (χ0n) is 10.3. The van der Waals surface area contributed by atoms with E-state index < -0.39 is 0 Å². The van der Waals surface area contributed by atoms with Crippen molar-refractivity contribution >= 4 is 56.9 Å². The highest BCUT2D eigenvalue weighted by molar-refractivity contribution is 7.00. The van der Waals surface area contributed by atoms with Gasteiger partial charge >= 0.3 is 0 Å². The molecule has 2 heterocycles. The normalized spacial score (nSPS) is 11.8. The van der Waals surface area contributed by atoms with Gasteiger partial charge in [-0.15, -0.1) is 10.2 Å². The summed E-state index contributed by atoms with van der Waals surface area (Å²) in [6.07, 6.45) is 0. The van der Waals surface area contributed by atoms with Crippen LogP contribution < -0.4 is 0 Å². The fraction of sp³-hybridized carbons (Fsp3) is 0. The van der Waals surface area contributed by atoms with Gasteiger partial charge in [0.1, 0.15) is 39.2 Å². The zero-order valence-corrected chi connectivity index (χ0v) is 12.0. The van der Waals surface area contributed by atoms with Crippen molar-refractivity contribution in [2.24, 2.45) is 10.2 Å². The van der Waals surface area contributed by atoms with Crippen LogP contribution in [0.4, 0.5) is 11.4 Å². The van der Waals surface area contributed by atoms with Crippen LogP contribution >= 0.6 is 23.5 Å². The van der Waals surface area contributed by atoms with Gasteiger partial charge in [-0.25, -0.2) is 0 Å². The molecule has 2 aromatic carbocycles. The number of aromatic hydroxyl groups is 1. The van der Waals surface area contributed by atoms with Crippen LogP contribution in [0.25, 0.3) is 22.1 Å². The van der Waals surface area contributed by atoms with Crippen molar-refractivity contribution in [1.82, 2.24) is 17.5 Å². The van der Waals surface area contributed by atoms with E-state index in [1.54, 1.807) is 6.07 Å². The molecule has 2 aromatic heterocycles. The molecule has 0 aliphatic rings. The lowest BCUT2D eigenvalue weighted by molar-refractivity contribution is 0.480. The number of azo groups is 1. The maximum Gasteiger partial charge on any atom is 0.148 e. The Morgan fingerprint density at radius 2 is 1.48 bits per heavy atom. The fourth-order valence-electron chi connectivity index (χ4n) is 1.90. The SMILES string of the molecule is Oc1ccc(N=Nc2cccc3nsnc23)c2nsnc12. The van der Waals surface area contributed by atoms with Crippen LogP contribution in [0.5, 0.6) is 5.75 Å². The molecule has 4 aromatic rings. The summed E-state index contributed by atoms with van der Waals surface area (Å²) >= 11 is 2.16. The van der Waals surface area contributed by atoms with Crippen LogP contribution in [-0.4, -0.2) is 22.6 Å². The minimum atomic E-state index is 0.0866. The van der Waals surface area contributed by atoms with E-state index in [0.29, 0.717) is 22.4 Å². The Kier molecular flexibility index (Phi) is 2.79. The first kappa shape index (κ1) is 12.2. The van der Waals surface area contributed by atoms with Crippen molar-refractivity contribution in [3.05, 3.63) is 30.3 Å². The summed E-state index contributed by atoms with van der Waals surface area (Å²) in [5.74, 6) is 0.0866. The van der Waals surface area contributed by atoms with Crippen molar-refractivity contribution < 1.29 is 5.11 Å². The maximum atomic E-state index is 9.70. The molecule has 4 rings (SSSR count). The van der Waals surface area contributed by atoms with Gasteiger partial charge in [0.2, 0.25) is 0 Å². The summed E-state index contributed by atoms with van der Waals surface area (Å²) in [6.45, 7) is 0. The standard InChI is InChI=1S/C12H6N6OS2/c19-9-5-4-7(11-12(9)18-21-17-11)14-13-6-2-1-3-8-10(6)16-20-15-8/h1-5,19H. The molecule has 102 valence electrons. The highest BCUT2D eigenvalue weighted by Crippen LogP contribution is 2.32. The van der Waals surface area contributed by atoms with Crippen LogP contribution in [0.2, 0.25) is 0 Å². The molecule has 0 fully saturated rings. The van der Waals surface area contributed by atoms with E-state index in [2.05, 4.69) is 27.7 Å². The molecule has 0 spiro atoms. The Hall–Kier alpha value is -2.52. The number of phenols is 1. The number of nitrogens with zero attached hydrogens (tertiary/aromatic N) is 6. The van der Waals surface area contributed by atoms with Crippen molar-refractivity contribution in [2.45, 2.75) is 0 Å². The average Bonchev–Trinajstić information content (AvgIpc) is 3.16. The van der Waals surface area contributed by atoms with Crippen molar-refractivity contribution in [2.75, 3.05) is 0 Å². The van der Waals surface area contributed by atoms with E-state index in [1.165, 1.54) is 6.07 Å². The molecule has 21 heavy (non-hydrogen) atoms. The molecule has 0 aliphatic carbocycles. The molecule has 0 amide bonds. The smallest absolute Gasteiger partial charge is 0.148 e. The van der Waals surface area contributed by atoms with Crippen molar-refractivity contribution in [3.63, 3.8) is 0 Å². The van der Waals surface area contributed by atoms with Crippen molar-refractivity contribution in [3.8, 4) is 5.75 Å². The highest BCUT2D eigenvalue weighted by Gasteiger charge is 2.10. The Balaban J connectivity index is 1.82. The topological polar surface area (TPSA) is 96.5 Å². The number of benzene rings is 2. The third-order valence-corrected chi connectivity index (χ3v) is 3.97. The summed E-state index contributed by atoms with van der Waals surface area (Å²) in [5, 5.41) is 18.1. The van der Waals surface area contributed by atoms with E-state index in [9.17, 15) is 5.11 Å². The number of hydrogen-bond donors (Lipinski definition) is 1. The Labute approximate surface area is 126 Å². The molecule has 0 radical (unpaired) electrons. The fourth-order valence-corrected chi connectivity index (χ4v) is 3.01. The summed E-state index contributed by atoms with van der Waals surface area (Å²) in [7, 11) is 0. The van der Waals surface area contributed by atoms with Gasteiger partial charge in [-0.3, -0.25) is 0 Å². The molecule has 0 saturated carbocycles. The molecular weight excluding hydrogens is 308 g/mol. The lowest BCUT2D eigenvalue weighted by Gasteiger charge is -1.96.